The lowest BCUT2D eigenvalue weighted by Gasteiger charge is -2.16. The average molecular weight is 206 g/mol. The number of primary amides is 1. The van der Waals surface area contributed by atoms with E-state index in [0.29, 0.717) is 12.2 Å². The molecule has 5 heteroatoms. The quantitative estimate of drug-likeness (QED) is 0.711. The fourth-order valence-electron chi connectivity index (χ4n) is 1.79. The van der Waals surface area contributed by atoms with Crippen LogP contribution in [0.2, 0.25) is 0 Å². The van der Waals surface area contributed by atoms with Gasteiger partial charge in [-0.15, -0.1) is 0 Å². The van der Waals surface area contributed by atoms with Crippen LogP contribution in [0.1, 0.15) is 6.42 Å². The van der Waals surface area contributed by atoms with E-state index in [0.717, 1.165) is 18.8 Å². The number of nitrogens with two attached hydrogens (primary N) is 2. The molecule has 1 fully saturated rings. The molecular weight excluding hydrogens is 192 g/mol. The molecule has 15 heavy (non-hydrogen) atoms. The fraction of sp³-hybridized carbons (Fsp3) is 0.400. The molecule has 0 radical (unpaired) electrons. The van der Waals surface area contributed by atoms with Gasteiger partial charge in [-0.05, 0) is 18.6 Å². The first-order valence-corrected chi connectivity index (χ1v) is 4.92. The molecule has 0 aromatic carbocycles. The molecule has 4 N–H and O–H groups in total. The number of nitrogens with zero attached hydrogens (tertiary/aromatic N) is 2. The number of hydrogen-bond donors (Lipinski definition) is 2. The van der Waals surface area contributed by atoms with Gasteiger partial charge in [0.25, 0.3) is 0 Å². The van der Waals surface area contributed by atoms with Gasteiger partial charge in [-0.2, -0.15) is 0 Å². The van der Waals surface area contributed by atoms with E-state index in [2.05, 4.69) is 9.88 Å². The topological polar surface area (TPSA) is 85.2 Å². The standard InChI is InChI=1S/C10H14N4O/c11-8-1-2-9(13-5-8)14-4-3-7(6-14)10(12)15/h1-2,5,7H,3-4,6,11H2,(H2,12,15). The van der Waals surface area contributed by atoms with E-state index < -0.39 is 0 Å². The number of nitrogen functional groups attached to an aromatic ring is 1. The Kier molecular flexibility index (Phi) is 2.45. The van der Waals surface area contributed by atoms with E-state index in [4.69, 9.17) is 11.5 Å². The highest BCUT2D eigenvalue weighted by Crippen LogP contribution is 2.21. The third-order valence-corrected chi connectivity index (χ3v) is 2.69. The van der Waals surface area contributed by atoms with Crippen LogP contribution in [0, 0.1) is 5.92 Å². The summed E-state index contributed by atoms with van der Waals surface area (Å²) in [6, 6.07) is 3.67. The zero-order valence-corrected chi connectivity index (χ0v) is 8.39. The van der Waals surface area contributed by atoms with Gasteiger partial charge in [-0.3, -0.25) is 4.79 Å². The molecule has 1 amide bonds. The molecule has 2 rings (SSSR count). The number of aromatic nitrogens is 1. The van der Waals surface area contributed by atoms with Crippen molar-refractivity contribution >= 4 is 17.4 Å². The van der Waals surface area contributed by atoms with Crippen molar-refractivity contribution in [3.63, 3.8) is 0 Å². The molecule has 0 aliphatic carbocycles. The van der Waals surface area contributed by atoms with Crippen LogP contribution in [0.25, 0.3) is 0 Å². The van der Waals surface area contributed by atoms with Crippen molar-refractivity contribution in [1.82, 2.24) is 4.98 Å². The van der Waals surface area contributed by atoms with Gasteiger partial charge in [-0.1, -0.05) is 0 Å². The molecular formula is C10H14N4O. The maximum Gasteiger partial charge on any atom is 0.222 e. The van der Waals surface area contributed by atoms with Crippen molar-refractivity contribution in [2.75, 3.05) is 23.7 Å². The van der Waals surface area contributed by atoms with Crippen LogP contribution in [0.15, 0.2) is 18.3 Å². The maximum atomic E-state index is 11.0. The summed E-state index contributed by atoms with van der Waals surface area (Å²) in [5.74, 6) is 0.574. The van der Waals surface area contributed by atoms with Gasteiger partial charge in [0.05, 0.1) is 17.8 Å². The highest BCUT2D eigenvalue weighted by atomic mass is 16.1. The summed E-state index contributed by atoms with van der Waals surface area (Å²) in [4.78, 5) is 17.2. The lowest BCUT2D eigenvalue weighted by molar-refractivity contribution is -0.121. The van der Waals surface area contributed by atoms with Gasteiger partial charge >= 0.3 is 0 Å². The summed E-state index contributed by atoms with van der Waals surface area (Å²) >= 11 is 0. The van der Waals surface area contributed by atoms with E-state index >= 15 is 0 Å². The first kappa shape index (κ1) is 9.76. The van der Waals surface area contributed by atoms with Crippen molar-refractivity contribution < 1.29 is 4.79 Å². The minimum absolute atomic E-state index is 0.0515. The second-order valence-electron chi connectivity index (χ2n) is 3.78. The Morgan fingerprint density at radius 2 is 2.33 bits per heavy atom. The van der Waals surface area contributed by atoms with Gasteiger partial charge in [0, 0.05) is 13.1 Å². The van der Waals surface area contributed by atoms with Gasteiger partial charge in [-0.25, -0.2) is 4.98 Å². The van der Waals surface area contributed by atoms with Crippen LogP contribution in [0.5, 0.6) is 0 Å². The Hall–Kier alpha value is -1.78. The molecule has 1 atom stereocenters. The minimum Gasteiger partial charge on any atom is -0.397 e. The molecule has 0 saturated carbocycles. The molecule has 1 unspecified atom stereocenters. The summed E-state index contributed by atoms with van der Waals surface area (Å²) in [7, 11) is 0. The number of rotatable bonds is 2. The van der Waals surface area contributed by atoms with Crippen molar-refractivity contribution in [3.8, 4) is 0 Å². The molecule has 2 heterocycles. The second kappa shape index (κ2) is 3.76. The number of carbonyl (C=O) groups is 1. The number of carbonyl (C=O) groups excluding carboxylic acids is 1. The first-order chi connectivity index (χ1) is 7.16. The highest BCUT2D eigenvalue weighted by molar-refractivity contribution is 5.78. The number of anilines is 2. The summed E-state index contributed by atoms with van der Waals surface area (Å²) in [5.41, 5.74) is 11.4. The zero-order chi connectivity index (χ0) is 10.8. The molecule has 5 nitrogen and oxygen atoms in total. The Bertz CT molecular complexity index is 362. The van der Waals surface area contributed by atoms with Gasteiger partial charge in [0.15, 0.2) is 0 Å². The SMILES string of the molecule is NC(=O)C1CCN(c2ccc(N)cn2)C1. The van der Waals surface area contributed by atoms with Crippen LogP contribution in [-0.4, -0.2) is 24.0 Å². The first-order valence-electron chi connectivity index (χ1n) is 4.92. The van der Waals surface area contributed by atoms with E-state index in [9.17, 15) is 4.79 Å². The van der Waals surface area contributed by atoms with E-state index in [1.54, 1.807) is 12.3 Å². The largest absolute Gasteiger partial charge is 0.397 e. The molecule has 1 saturated heterocycles. The van der Waals surface area contributed by atoms with Gasteiger partial charge < -0.3 is 16.4 Å². The highest BCUT2D eigenvalue weighted by Gasteiger charge is 2.27. The van der Waals surface area contributed by atoms with E-state index in [-0.39, 0.29) is 11.8 Å². The Morgan fingerprint density at radius 3 is 2.87 bits per heavy atom. The van der Waals surface area contributed by atoms with Crippen LogP contribution in [0.3, 0.4) is 0 Å². The molecule has 1 aromatic heterocycles. The Balaban J connectivity index is 2.07. The zero-order valence-electron chi connectivity index (χ0n) is 8.39. The van der Waals surface area contributed by atoms with Crippen LogP contribution >= 0.6 is 0 Å². The fourth-order valence-corrected chi connectivity index (χ4v) is 1.79. The van der Waals surface area contributed by atoms with Crippen molar-refractivity contribution in [3.05, 3.63) is 18.3 Å². The number of amides is 1. The summed E-state index contributed by atoms with van der Waals surface area (Å²) in [5, 5.41) is 0. The summed E-state index contributed by atoms with van der Waals surface area (Å²) in [6.45, 7) is 1.48. The van der Waals surface area contributed by atoms with Crippen LogP contribution < -0.4 is 16.4 Å². The predicted molar refractivity (Wildman–Crippen MR) is 58.2 cm³/mol. The smallest absolute Gasteiger partial charge is 0.222 e. The monoisotopic (exact) mass is 206 g/mol. The van der Waals surface area contributed by atoms with E-state index in [1.807, 2.05) is 6.07 Å². The van der Waals surface area contributed by atoms with Crippen molar-refractivity contribution in [2.45, 2.75) is 6.42 Å². The molecule has 0 spiro atoms. The Morgan fingerprint density at radius 1 is 1.53 bits per heavy atom. The average Bonchev–Trinajstić information content (AvgIpc) is 2.68. The molecule has 1 aromatic rings. The second-order valence-corrected chi connectivity index (χ2v) is 3.78. The summed E-state index contributed by atoms with van der Waals surface area (Å²) < 4.78 is 0. The van der Waals surface area contributed by atoms with Crippen molar-refractivity contribution in [1.29, 1.82) is 0 Å². The molecule has 0 bridgehead atoms. The van der Waals surface area contributed by atoms with Crippen molar-refractivity contribution in [2.24, 2.45) is 11.7 Å². The normalized spacial score (nSPS) is 20.5. The van der Waals surface area contributed by atoms with Crippen LogP contribution in [0.4, 0.5) is 11.5 Å². The van der Waals surface area contributed by atoms with Gasteiger partial charge in [0.2, 0.25) is 5.91 Å². The maximum absolute atomic E-state index is 11.0. The van der Waals surface area contributed by atoms with E-state index in [1.165, 1.54) is 0 Å². The summed E-state index contributed by atoms with van der Waals surface area (Å²) in [6.07, 6.45) is 2.42. The third-order valence-electron chi connectivity index (χ3n) is 2.69. The minimum atomic E-state index is -0.229. The third kappa shape index (κ3) is 2.01. The van der Waals surface area contributed by atoms with Crippen LogP contribution in [-0.2, 0) is 4.79 Å². The molecule has 80 valence electrons. The number of hydrogen-bond acceptors (Lipinski definition) is 4. The predicted octanol–water partition coefficient (Wildman–Crippen LogP) is -0.0246. The Labute approximate surface area is 88.1 Å². The lowest BCUT2D eigenvalue weighted by Crippen LogP contribution is -2.27. The molecule has 1 aliphatic heterocycles. The van der Waals surface area contributed by atoms with Gasteiger partial charge in [0.1, 0.15) is 5.82 Å². The number of pyridine rings is 1. The lowest BCUT2D eigenvalue weighted by atomic mass is 10.1. The molecule has 1 aliphatic rings.